The van der Waals surface area contributed by atoms with E-state index in [0.29, 0.717) is 6.04 Å². The summed E-state index contributed by atoms with van der Waals surface area (Å²) < 4.78 is 12.2. The fourth-order valence-corrected chi connectivity index (χ4v) is 4.06. The molecule has 25 heavy (non-hydrogen) atoms. The van der Waals surface area contributed by atoms with Crippen LogP contribution in [0.2, 0.25) is 0 Å². The molecular weight excluding hydrogens is 319 g/mol. The molecule has 1 aromatic heterocycles. The number of aromatic nitrogens is 1. The van der Waals surface area contributed by atoms with Gasteiger partial charge in [0.1, 0.15) is 6.67 Å². The van der Waals surface area contributed by atoms with Crippen LogP contribution in [-0.4, -0.2) is 66.1 Å². The molecule has 1 N–H and O–H groups in total. The van der Waals surface area contributed by atoms with Crippen molar-refractivity contribution in [2.75, 3.05) is 39.4 Å². The highest BCUT2D eigenvalue weighted by atomic mass is 19.1. The van der Waals surface area contributed by atoms with E-state index < -0.39 is 6.67 Å². The van der Waals surface area contributed by atoms with Crippen molar-refractivity contribution in [2.45, 2.75) is 38.3 Å². The summed E-state index contributed by atoms with van der Waals surface area (Å²) in [7, 11) is 0. The first-order chi connectivity index (χ1) is 12.3. The zero-order chi connectivity index (χ0) is 17.5. The Morgan fingerprint density at radius 3 is 2.84 bits per heavy atom. The molecule has 0 aromatic carbocycles. The van der Waals surface area contributed by atoms with Gasteiger partial charge in [0.25, 0.3) is 0 Å². The SMILES string of the molecule is O=C(NCCF)C1CCCN(C2CCN(Cc3cccnc3)CC2)C1. The van der Waals surface area contributed by atoms with Gasteiger partial charge < -0.3 is 5.32 Å². The zero-order valence-corrected chi connectivity index (χ0v) is 14.9. The number of piperidine rings is 2. The molecule has 1 unspecified atom stereocenters. The molecule has 3 heterocycles. The molecule has 1 atom stereocenters. The summed E-state index contributed by atoms with van der Waals surface area (Å²) >= 11 is 0. The van der Waals surface area contributed by atoms with Crippen LogP contribution in [0.5, 0.6) is 0 Å². The first kappa shape index (κ1) is 18.3. The number of rotatable bonds is 6. The molecule has 2 aliphatic heterocycles. The summed E-state index contributed by atoms with van der Waals surface area (Å²) in [6.07, 6.45) is 8.04. The quantitative estimate of drug-likeness (QED) is 0.852. The van der Waals surface area contributed by atoms with Gasteiger partial charge in [-0.05, 0) is 56.9 Å². The molecule has 1 aromatic rings. The smallest absolute Gasteiger partial charge is 0.224 e. The van der Waals surface area contributed by atoms with Crippen LogP contribution in [0.3, 0.4) is 0 Å². The van der Waals surface area contributed by atoms with E-state index in [2.05, 4.69) is 26.2 Å². The van der Waals surface area contributed by atoms with Gasteiger partial charge in [-0.1, -0.05) is 6.07 Å². The number of carbonyl (C=O) groups excluding carboxylic acids is 1. The van der Waals surface area contributed by atoms with Gasteiger partial charge in [0, 0.05) is 38.1 Å². The minimum absolute atomic E-state index is 0.0220. The molecule has 0 spiro atoms. The van der Waals surface area contributed by atoms with Crippen molar-refractivity contribution in [3.05, 3.63) is 30.1 Å². The summed E-state index contributed by atoms with van der Waals surface area (Å²) in [6.45, 7) is 4.71. The van der Waals surface area contributed by atoms with Crippen LogP contribution in [0.25, 0.3) is 0 Å². The van der Waals surface area contributed by atoms with Crippen molar-refractivity contribution < 1.29 is 9.18 Å². The number of halogens is 1. The normalized spacial score (nSPS) is 23.5. The summed E-state index contributed by atoms with van der Waals surface area (Å²) in [5.41, 5.74) is 1.27. The fourth-order valence-electron chi connectivity index (χ4n) is 4.06. The van der Waals surface area contributed by atoms with Gasteiger partial charge in [-0.2, -0.15) is 0 Å². The number of amides is 1. The topological polar surface area (TPSA) is 48.5 Å². The molecule has 138 valence electrons. The van der Waals surface area contributed by atoms with E-state index in [1.54, 1.807) is 0 Å². The van der Waals surface area contributed by atoms with E-state index in [4.69, 9.17) is 0 Å². The number of hydrogen-bond acceptors (Lipinski definition) is 4. The molecule has 6 heteroatoms. The van der Waals surface area contributed by atoms with E-state index in [9.17, 15) is 9.18 Å². The first-order valence-corrected chi connectivity index (χ1v) is 9.45. The summed E-state index contributed by atoms with van der Waals surface area (Å²) in [6, 6.07) is 4.69. The third kappa shape index (κ3) is 5.22. The van der Waals surface area contributed by atoms with Crippen LogP contribution >= 0.6 is 0 Å². The standard InChI is InChI=1S/C19H29FN4O/c20-7-9-22-19(25)17-4-2-10-24(15-17)18-5-11-23(12-6-18)14-16-3-1-8-21-13-16/h1,3,8,13,17-18H,2,4-7,9-12,14-15H2,(H,22,25). The molecule has 0 saturated carbocycles. The maximum absolute atomic E-state index is 12.2. The molecule has 2 aliphatic rings. The van der Waals surface area contributed by atoms with Crippen molar-refractivity contribution in [1.82, 2.24) is 20.1 Å². The van der Waals surface area contributed by atoms with Gasteiger partial charge in [-0.25, -0.2) is 4.39 Å². The fraction of sp³-hybridized carbons (Fsp3) is 0.684. The van der Waals surface area contributed by atoms with Gasteiger partial charge in [0.05, 0.1) is 5.92 Å². The molecule has 0 bridgehead atoms. The van der Waals surface area contributed by atoms with Crippen molar-refractivity contribution in [2.24, 2.45) is 5.92 Å². The predicted octanol–water partition coefficient (Wildman–Crippen LogP) is 1.84. The largest absolute Gasteiger partial charge is 0.353 e. The van der Waals surface area contributed by atoms with Crippen molar-refractivity contribution in [1.29, 1.82) is 0 Å². The molecule has 2 saturated heterocycles. The minimum atomic E-state index is -0.489. The number of pyridine rings is 1. The monoisotopic (exact) mass is 348 g/mol. The molecule has 3 rings (SSSR count). The number of hydrogen-bond donors (Lipinski definition) is 1. The van der Waals surface area contributed by atoms with Crippen LogP contribution in [0.15, 0.2) is 24.5 Å². The summed E-state index contributed by atoms with van der Waals surface area (Å²) in [4.78, 5) is 21.3. The highest BCUT2D eigenvalue weighted by molar-refractivity contribution is 5.78. The van der Waals surface area contributed by atoms with Crippen LogP contribution in [0, 0.1) is 5.92 Å². The third-order valence-corrected chi connectivity index (χ3v) is 5.42. The van der Waals surface area contributed by atoms with Gasteiger partial charge in [0.15, 0.2) is 0 Å². The molecule has 2 fully saturated rings. The lowest BCUT2D eigenvalue weighted by molar-refractivity contribution is -0.127. The van der Waals surface area contributed by atoms with Gasteiger partial charge in [-0.3, -0.25) is 19.6 Å². The van der Waals surface area contributed by atoms with E-state index in [0.717, 1.165) is 58.4 Å². The van der Waals surface area contributed by atoms with Crippen LogP contribution in [-0.2, 0) is 11.3 Å². The Morgan fingerprint density at radius 2 is 2.12 bits per heavy atom. The number of alkyl halides is 1. The van der Waals surface area contributed by atoms with E-state index in [1.165, 1.54) is 5.56 Å². The molecule has 0 aliphatic carbocycles. The van der Waals surface area contributed by atoms with Crippen molar-refractivity contribution in [3.63, 3.8) is 0 Å². The second-order valence-electron chi connectivity index (χ2n) is 7.18. The van der Waals surface area contributed by atoms with Crippen LogP contribution in [0.4, 0.5) is 4.39 Å². The highest BCUT2D eigenvalue weighted by Gasteiger charge is 2.31. The second-order valence-corrected chi connectivity index (χ2v) is 7.18. The number of carbonyl (C=O) groups is 1. The lowest BCUT2D eigenvalue weighted by Gasteiger charge is -2.42. The lowest BCUT2D eigenvalue weighted by atomic mass is 9.93. The molecule has 5 nitrogen and oxygen atoms in total. The Labute approximate surface area is 149 Å². The third-order valence-electron chi connectivity index (χ3n) is 5.42. The number of nitrogens with zero attached hydrogens (tertiary/aromatic N) is 3. The van der Waals surface area contributed by atoms with Crippen molar-refractivity contribution in [3.8, 4) is 0 Å². The van der Waals surface area contributed by atoms with Gasteiger partial charge in [-0.15, -0.1) is 0 Å². The maximum atomic E-state index is 12.2. The minimum Gasteiger partial charge on any atom is -0.353 e. The lowest BCUT2D eigenvalue weighted by Crippen LogP contribution is -2.50. The Bertz CT molecular complexity index is 533. The number of likely N-dealkylation sites (tertiary alicyclic amines) is 2. The summed E-state index contributed by atoms with van der Waals surface area (Å²) in [5.74, 6) is 0.0464. The Kier molecular flexibility index (Phi) is 6.76. The van der Waals surface area contributed by atoms with Crippen molar-refractivity contribution >= 4 is 5.91 Å². The Morgan fingerprint density at radius 1 is 1.28 bits per heavy atom. The first-order valence-electron chi connectivity index (χ1n) is 9.45. The molecule has 1 amide bonds. The Hall–Kier alpha value is -1.53. The average molecular weight is 348 g/mol. The van der Waals surface area contributed by atoms with Gasteiger partial charge in [0.2, 0.25) is 5.91 Å². The van der Waals surface area contributed by atoms with Gasteiger partial charge >= 0.3 is 0 Å². The number of nitrogens with one attached hydrogen (secondary N) is 1. The van der Waals surface area contributed by atoms with Crippen LogP contribution in [0.1, 0.15) is 31.2 Å². The van der Waals surface area contributed by atoms with E-state index in [-0.39, 0.29) is 18.4 Å². The van der Waals surface area contributed by atoms with Crippen LogP contribution < -0.4 is 5.32 Å². The predicted molar refractivity (Wildman–Crippen MR) is 95.8 cm³/mol. The van der Waals surface area contributed by atoms with E-state index in [1.807, 2.05) is 18.5 Å². The zero-order valence-electron chi connectivity index (χ0n) is 14.9. The average Bonchev–Trinajstić information content (AvgIpc) is 2.67. The maximum Gasteiger partial charge on any atom is 0.224 e. The summed E-state index contributed by atoms with van der Waals surface area (Å²) in [5, 5.41) is 2.71. The second kappa shape index (κ2) is 9.25. The molecular formula is C19H29FN4O. The Balaban J connectivity index is 1.45. The van der Waals surface area contributed by atoms with E-state index >= 15 is 0 Å². The molecule has 0 radical (unpaired) electrons. The highest BCUT2D eigenvalue weighted by Crippen LogP contribution is 2.24.